The van der Waals surface area contributed by atoms with Gasteiger partial charge in [-0.25, -0.2) is 4.79 Å². The zero-order chi connectivity index (χ0) is 14.4. The molecular weight excluding hydrogens is 262 g/mol. The number of aryl methyl sites for hydroxylation is 1. The number of amides is 1. The zero-order valence-corrected chi connectivity index (χ0v) is 12.2. The molecule has 0 aromatic carbocycles. The summed E-state index contributed by atoms with van der Waals surface area (Å²) in [5.74, 6) is -1.47. The minimum atomic E-state index is -0.997. The SMILES string of the molecule is CCC(C)[C@H](NC(=O)/C=C/c1sccc1C)C(=O)O. The Bertz CT molecular complexity index is 479. The Balaban J connectivity index is 2.66. The molecule has 104 valence electrons. The Labute approximate surface area is 117 Å². The summed E-state index contributed by atoms with van der Waals surface area (Å²) < 4.78 is 0. The standard InChI is InChI=1S/C14H19NO3S/c1-4-9(2)13(14(17)18)15-12(16)6-5-11-10(3)7-8-19-11/h5-9,13H,4H2,1-3H3,(H,15,16)(H,17,18)/b6-5+/t9?,13-/m0/s1. The van der Waals surface area contributed by atoms with Crippen molar-refractivity contribution in [2.45, 2.75) is 33.2 Å². The second-order valence-electron chi connectivity index (χ2n) is 4.51. The monoisotopic (exact) mass is 281 g/mol. The lowest BCUT2D eigenvalue weighted by Crippen LogP contribution is -2.44. The van der Waals surface area contributed by atoms with E-state index in [0.29, 0.717) is 6.42 Å². The van der Waals surface area contributed by atoms with Gasteiger partial charge in [0.1, 0.15) is 6.04 Å². The number of thiophene rings is 1. The highest BCUT2D eigenvalue weighted by Crippen LogP contribution is 2.17. The Kier molecular flexibility index (Phi) is 5.76. The second-order valence-corrected chi connectivity index (χ2v) is 5.46. The number of aliphatic carboxylic acids is 1. The van der Waals surface area contributed by atoms with Gasteiger partial charge in [-0.2, -0.15) is 0 Å². The molecule has 2 N–H and O–H groups in total. The molecule has 0 fully saturated rings. The van der Waals surface area contributed by atoms with Gasteiger partial charge in [0.2, 0.25) is 5.91 Å². The summed E-state index contributed by atoms with van der Waals surface area (Å²) in [6.07, 6.45) is 3.80. The first-order chi connectivity index (χ1) is 8.95. The van der Waals surface area contributed by atoms with E-state index in [0.717, 1.165) is 10.4 Å². The van der Waals surface area contributed by atoms with Gasteiger partial charge >= 0.3 is 5.97 Å². The third-order valence-corrected chi connectivity index (χ3v) is 4.05. The maximum atomic E-state index is 11.7. The van der Waals surface area contributed by atoms with Crippen LogP contribution < -0.4 is 5.32 Å². The van der Waals surface area contributed by atoms with E-state index in [1.165, 1.54) is 6.08 Å². The highest BCUT2D eigenvalue weighted by molar-refractivity contribution is 7.11. The summed E-state index contributed by atoms with van der Waals surface area (Å²) in [5.41, 5.74) is 1.10. The smallest absolute Gasteiger partial charge is 0.326 e. The van der Waals surface area contributed by atoms with Crippen LogP contribution in [-0.2, 0) is 9.59 Å². The predicted octanol–water partition coefficient (Wildman–Crippen LogP) is 2.69. The van der Waals surface area contributed by atoms with Crippen molar-refractivity contribution in [1.29, 1.82) is 0 Å². The number of carboxylic acid groups (broad SMARTS) is 1. The molecule has 0 aliphatic carbocycles. The Morgan fingerprint density at radius 1 is 1.53 bits per heavy atom. The lowest BCUT2D eigenvalue weighted by atomic mass is 9.99. The lowest BCUT2D eigenvalue weighted by Gasteiger charge is -2.19. The number of rotatable bonds is 6. The molecule has 2 atom stereocenters. The van der Waals surface area contributed by atoms with Crippen LogP contribution in [0.5, 0.6) is 0 Å². The van der Waals surface area contributed by atoms with Crippen LogP contribution in [0, 0.1) is 12.8 Å². The minimum Gasteiger partial charge on any atom is -0.480 e. The van der Waals surface area contributed by atoms with Crippen molar-refractivity contribution < 1.29 is 14.7 Å². The van der Waals surface area contributed by atoms with E-state index in [2.05, 4.69) is 5.32 Å². The van der Waals surface area contributed by atoms with Gasteiger partial charge in [0.05, 0.1) is 0 Å². The fraction of sp³-hybridized carbons (Fsp3) is 0.429. The van der Waals surface area contributed by atoms with Crippen molar-refractivity contribution in [3.8, 4) is 0 Å². The summed E-state index contributed by atoms with van der Waals surface area (Å²) in [6, 6.07) is 1.13. The summed E-state index contributed by atoms with van der Waals surface area (Å²) in [4.78, 5) is 23.8. The van der Waals surface area contributed by atoms with Gasteiger partial charge in [-0.1, -0.05) is 20.3 Å². The molecule has 1 heterocycles. The van der Waals surface area contributed by atoms with Gasteiger partial charge in [-0.15, -0.1) is 11.3 Å². The molecule has 1 aromatic rings. The molecule has 1 amide bonds. The third kappa shape index (κ3) is 4.52. The maximum Gasteiger partial charge on any atom is 0.326 e. The van der Waals surface area contributed by atoms with Crippen LogP contribution in [0.15, 0.2) is 17.5 Å². The van der Waals surface area contributed by atoms with Crippen LogP contribution in [0.25, 0.3) is 6.08 Å². The molecule has 0 saturated carbocycles. The Morgan fingerprint density at radius 2 is 2.21 bits per heavy atom. The molecule has 1 unspecified atom stereocenters. The van der Waals surface area contributed by atoms with Crippen LogP contribution in [0.1, 0.15) is 30.7 Å². The summed E-state index contributed by atoms with van der Waals surface area (Å²) >= 11 is 1.54. The van der Waals surface area contributed by atoms with Gasteiger partial charge < -0.3 is 10.4 Å². The van der Waals surface area contributed by atoms with Gasteiger partial charge in [0.25, 0.3) is 0 Å². The van der Waals surface area contributed by atoms with Gasteiger partial charge in [-0.05, 0) is 35.9 Å². The van der Waals surface area contributed by atoms with Gasteiger partial charge in [0, 0.05) is 11.0 Å². The molecule has 0 aliphatic heterocycles. The number of hydrogen-bond acceptors (Lipinski definition) is 3. The molecule has 4 nitrogen and oxygen atoms in total. The van der Waals surface area contributed by atoms with E-state index >= 15 is 0 Å². The molecule has 0 bridgehead atoms. The fourth-order valence-electron chi connectivity index (χ4n) is 1.59. The molecule has 1 aromatic heterocycles. The molecule has 1 rings (SSSR count). The topological polar surface area (TPSA) is 66.4 Å². The van der Waals surface area contributed by atoms with Crippen LogP contribution in [0.2, 0.25) is 0 Å². The van der Waals surface area contributed by atoms with Crippen LogP contribution >= 0.6 is 11.3 Å². The third-order valence-electron chi connectivity index (χ3n) is 3.06. The van der Waals surface area contributed by atoms with E-state index in [-0.39, 0.29) is 11.8 Å². The molecular formula is C14H19NO3S. The van der Waals surface area contributed by atoms with E-state index in [1.54, 1.807) is 17.4 Å². The van der Waals surface area contributed by atoms with Crippen molar-refractivity contribution in [3.63, 3.8) is 0 Å². The number of carboxylic acids is 1. The van der Waals surface area contributed by atoms with Crippen molar-refractivity contribution >= 4 is 29.3 Å². The van der Waals surface area contributed by atoms with Crippen LogP contribution in [0.3, 0.4) is 0 Å². The van der Waals surface area contributed by atoms with Crippen molar-refractivity contribution in [2.24, 2.45) is 5.92 Å². The molecule has 0 aliphatic rings. The van der Waals surface area contributed by atoms with E-state index in [4.69, 9.17) is 5.11 Å². The zero-order valence-electron chi connectivity index (χ0n) is 11.3. The number of nitrogens with one attached hydrogen (secondary N) is 1. The first-order valence-corrected chi connectivity index (χ1v) is 7.09. The van der Waals surface area contributed by atoms with Gasteiger partial charge in [0.15, 0.2) is 0 Å². The quantitative estimate of drug-likeness (QED) is 0.788. The first kappa shape index (κ1) is 15.4. The van der Waals surface area contributed by atoms with E-state index in [9.17, 15) is 9.59 Å². The summed E-state index contributed by atoms with van der Waals surface area (Å²) in [7, 11) is 0. The average Bonchev–Trinajstić information content (AvgIpc) is 2.77. The molecule has 0 radical (unpaired) electrons. The average molecular weight is 281 g/mol. The first-order valence-electron chi connectivity index (χ1n) is 6.21. The number of carbonyl (C=O) groups is 2. The van der Waals surface area contributed by atoms with Crippen molar-refractivity contribution in [3.05, 3.63) is 28.0 Å². The fourth-order valence-corrected chi connectivity index (χ4v) is 2.41. The second kappa shape index (κ2) is 7.09. The highest BCUT2D eigenvalue weighted by atomic mass is 32.1. The number of hydrogen-bond donors (Lipinski definition) is 2. The lowest BCUT2D eigenvalue weighted by molar-refractivity contribution is -0.142. The van der Waals surface area contributed by atoms with E-state index < -0.39 is 12.0 Å². The van der Waals surface area contributed by atoms with Crippen molar-refractivity contribution in [2.75, 3.05) is 0 Å². The Hall–Kier alpha value is -1.62. The highest BCUT2D eigenvalue weighted by Gasteiger charge is 2.24. The largest absolute Gasteiger partial charge is 0.480 e. The van der Waals surface area contributed by atoms with Crippen LogP contribution in [-0.4, -0.2) is 23.0 Å². The predicted molar refractivity (Wildman–Crippen MR) is 77.1 cm³/mol. The van der Waals surface area contributed by atoms with Crippen LogP contribution in [0.4, 0.5) is 0 Å². The van der Waals surface area contributed by atoms with Gasteiger partial charge in [-0.3, -0.25) is 4.79 Å². The van der Waals surface area contributed by atoms with E-state index in [1.807, 2.05) is 32.2 Å². The molecule has 0 spiro atoms. The molecule has 19 heavy (non-hydrogen) atoms. The molecule has 5 heteroatoms. The number of carbonyl (C=O) groups excluding carboxylic acids is 1. The maximum absolute atomic E-state index is 11.7. The molecule has 0 saturated heterocycles. The summed E-state index contributed by atoms with van der Waals surface area (Å²) in [6.45, 7) is 5.68. The minimum absolute atomic E-state index is 0.0988. The van der Waals surface area contributed by atoms with Crippen molar-refractivity contribution in [1.82, 2.24) is 5.32 Å². The Morgan fingerprint density at radius 3 is 2.68 bits per heavy atom. The summed E-state index contributed by atoms with van der Waals surface area (Å²) in [5, 5.41) is 13.6. The normalized spacial score (nSPS) is 14.3.